The van der Waals surface area contributed by atoms with E-state index in [2.05, 4.69) is 194 Å². The number of hydrogen-bond acceptors (Lipinski definition) is 0. The van der Waals surface area contributed by atoms with Crippen LogP contribution in [-0.4, -0.2) is 0 Å². The molecule has 0 N–H and O–H groups in total. The van der Waals surface area contributed by atoms with Crippen LogP contribution in [0.25, 0.3) is 88.0 Å². The Labute approximate surface area is 281 Å². The highest BCUT2D eigenvalue weighted by molar-refractivity contribution is 6.22. The second kappa shape index (κ2) is 11.8. The molecule has 0 radical (unpaired) electrons. The molecule has 0 bridgehead atoms. The van der Waals surface area contributed by atoms with Crippen molar-refractivity contribution in [1.29, 1.82) is 0 Å². The summed E-state index contributed by atoms with van der Waals surface area (Å²) in [5, 5.41) is 7.53. The highest BCUT2D eigenvalue weighted by atomic mass is 14.2. The van der Waals surface area contributed by atoms with Gasteiger partial charge in [-0.15, -0.1) is 0 Å². The Balaban J connectivity index is 1.37. The van der Waals surface area contributed by atoms with E-state index in [9.17, 15) is 0 Å². The predicted octanol–water partition coefficient (Wildman–Crippen LogP) is 13.5. The van der Waals surface area contributed by atoms with Crippen LogP contribution in [-0.2, 0) is 0 Å². The van der Waals surface area contributed by atoms with E-state index < -0.39 is 0 Å². The molecule has 0 aromatic heterocycles. The van der Waals surface area contributed by atoms with Crippen LogP contribution in [0.1, 0.15) is 0 Å². The van der Waals surface area contributed by atoms with Crippen LogP contribution in [0.5, 0.6) is 0 Å². The molecule has 48 heavy (non-hydrogen) atoms. The first kappa shape index (κ1) is 28.0. The minimum Gasteiger partial charge on any atom is -0.0622 e. The van der Waals surface area contributed by atoms with Crippen LogP contribution in [0.4, 0.5) is 0 Å². The van der Waals surface area contributed by atoms with E-state index in [1.54, 1.807) is 0 Å². The number of fused-ring (bicyclic) bond motifs is 3. The van der Waals surface area contributed by atoms with Gasteiger partial charge in [0.1, 0.15) is 0 Å². The van der Waals surface area contributed by atoms with Gasteiger partial charge in [0.25, 0.3) is 0 Å². The third kappa shape index (κ3) is 4.78. The Bertz CT molecular complexity index is 2530. The fourth-order valence-electron chi connectivity index (χ4n) is 7.48. The van der Waals surface area contributed by atoms with E-state index >= 15 is 0 Å². The average Bonchev–Trinajstić information content (AvgIpc) is 3.17. The number of hydrogen-bond donors (Lipinski definition) is 0. The summed E-state index contributed by atoms with van der Waals surface area (Å²) in [6, 6.07) is 70.8. The molecule has 0 nitrogen and oxygen atoms in total. The van der Waals surface area contributed by atoms with E-state index in [-0.39, 0.29) is 0 Å². The fourth-order valence-corrected chi connectivity index (χ4v) is 7.48. The molecular formula is C48H32. The van der Waals surface area contributed by atoms with Gasteiger partial charge in [-0.05, 0) is 100 Å². The second-order valence-electron chi connectivity index (χ2n) is 12.4. The highest BCUT2D eigenvalue weighted by Gasteiger charge is 2.20. The maximum atomic E-state index is 2.42. The molecule has 224 valence electrons. The third-order valence-electron chi connectivity index (χ3n) is 9.66. The molecule has 9 aromatic carbocycles. The molecule has 9 rings (SSSR count). The van der Waals surface area contributed by atoms with Crippen LogP contribution in [0.2, 0.25) is 0 Å². The summed E-state index contributed by atoms with van der Waals surface area (Å²) < 4.78 is 0. The lowest BCUT2D eigenvalue weighted by Crippen LogP contribution is -1.94. The molecule has 0 saturated carbocycles. The number of benzene rings is 9. The molecule has 0 heterocycles. The predicted molar refractivity (Wildman–Crippen MR) is 206 cm³/mol. The summed E-state index contributed by atoms with van der Waals surface area (Å²) in [7, 11) is 0. The zero-order valence-corrected chi connectivity index (χ0v) is 26.5. The van der Waals surface area contributed by atoms with Crippen molar-refractivity contribution in [2.75, 3.05) is 0 Å². The first-order chi connectivity index (χ1) is 23.8. The summed E-state index contributed by atoms with van der Waals surface area (Å²) in [4.78, 5) is 0. The van der Waals surface area contributed by atoms with Crippen molar-refractivity contribution in [3.05, 3.63) is 194 Å². The van der Waals surface area contributed by atoms with Gasteiger partial charge in [-0.1, -0.05) is 182 Å². The third-order valence-corrected chi connectivity index (χ3v) is 9.66. The Hall–Kier alpha value is -6.24. The molecule has 0 aliphatic rings. The normalized spacial score (nSPS) is 11.3. The summed E-state index contributed by atoms with van der Waals surface area (Å²) in [6.45, 7) is 0. The van der Waals surface area contributed by atoms with Gasteiger partial charge in [0.2, 0.25) is 0 Å². The molecule has 0 saturated heterocycles. The fraction of sp³-hybridized carbons (Fsp3) is 0. The average molecular weight is 609 g/mol. The standard InChI is InChI=1S/C48H32/c1-3-15-33(16-4-1)36-21-13-22-38(31-36)47-42-24-9-11-26-44(42)48(45-27-12-10-25-43(45)47)46-32-37(29-30-41(46)34-17-5-2-6-18-34)40-28-14-20-35-19-7-8-23-39(35)40/h1-32H. The van der Waals surface area contributed by atoms with Gasteiger partial charge in [0.05, 0.1) is 0 Å². The molecule has 0 aliphatic carbocycles. The Kier molecular flexibility index (Phi) is 6.91. The van der Waals surface area contributed by atoms with Gasteiger partial charge in [-0.2, -0.15) is 0 Å². The maximum absolute atomic E-state index is 2.42. The van der Waals surface area contributed by atoms with Gasteiger partial charge in [0.15, 0.2) is 0 Å². The van der Waals surface area contributed by atoms with Crippen molar-refractivity contribution in [2.45, 2.75) is 0 Å². The van der Waals surface area contributed by atoms with Gasteiger partial charge < -0.3 is 0 Å². The van der Waals surface area contributed by atoms with E-state index in [1.807, 2.05) is 0 Å². The lowest BCUT2D eigenvalue weighted by Gasteiger charge is -2.21. The summed E-state index contributed by atoms with van der Waals surface area (Å²) in [5.41, 5.74) is 12.4. The van der Waals surface area contributed by atoms with Crippen LogP contribution in [0, 0.1) is 0 Å². The zero-order chi connectivity index (χ0) is 31.9. The van der Waals surface area contributed by atoms with Gasteiger partial charge in [-0.3, -0.25) is 0 Å². The molecule has 0 heteroatoms. The molecule has 0 unspecified atom stereocenters. The van der Waals surface area contributed by atoms with Gasteiger partial charge in [0, 0.05) is 0 Å². The van der Waals surface area contributed by atoms with Crippen LogP contribution < -0.4 is 0 Å². The smallest absolute Gasteiger partial charge is 0.00199 e. The van der Waals surface area contributed by atoms with Crippen molar-refractivity contribution in [1.82, 2.24) is 0 Å². The Morgan fingerprint density at radius 2 is 0.708 bits per heavy atom. The first-order valence-corrected chi connectivity index (χ1v) is 16.6. The molecule has 0 aliphatic heterocycles. The van der Waals surface area contributed by atoms with Gasteiger partial charge in [-0.25, -0.2) is 0 Å². The molecular weight excluding hydrogens is 577 g/mol. The quantitative estimate of drug-likeness (QED) is 0.171. The summed E-state index contributed by atoms with van der Waals surface area (Å²) in [5.74, 6) is 0. The number of rotatable bonds is 5. The van der Waals surface area contributed by atoms with Crippen molar-refractivity contribution in [3.8, 4) is 55.6 Å². The van der Waals surface area contributed by atoms with Crippen molar-refractivity contribution in [3.63, 3.8) is 0 Å². The monoisotopic (exact) mass is 608 g/mol. The minimum absolute atomic E-state index is 1.21. The Morgan fingerprint density at radius 1 is 0.208 bits per heavy atom. The zero-order valence-electron chi connectivity index (χ0n) is 26.5. The lowest BCUT2D eigenvalue weighted by molar-refractivity contribution is 1.59. The highest BCUT2D eigenvalue weighted by Crippen LogP contribution is 2.47. The topological polar surface area (TPSA) is 0 Å². The van der Waals surface area contributed by atoms with E-state index in [4.69, 9.17) is 0 Å². The Morgan fingerprint density at radius 3 is 1.40 bits per heavy atom. The minimum atomic E-state index is 1.21. The van der Waals surface area contributed by atoms with Crippen molar-refractivity contribution in [2.24, 2.45) is 0 Å². The van der Waals surface area contributed by atoms with Crippen molar-refractivity contribution < 1.29 is 0 Å². The summed E-state index contributed by atoms with van der Waals surface area (Å²) >= 11 is 0. The van der Waals surface area contributed by atoms with E-state index in [1.165, 1.54) is 88.0 Å². The first-order valence-electron chi connectivity index (χ1n) is 16.6. The van der Waals surface area contributed by atoms with Gasteiger partial charge >= 0.3 is 0 Å². The lowest BCUT2D eigenvalue weighted by atomic mass is 9.82. The maximum Gasteiger partial charge on any atom is -0.00199 e. The SMILES string of the molecule is c1ccc(-c2cccc(-c3c4ccccc4c(-c4cc(-c5cccc6ccccc56)ccc4-c4ccccc4)c4ccccc34)c2)cc1. The van der Waals surface area contributed by atoms with E-state index in [0.717, 1.165) is 0 Å². The molecule has 0 amide bonds. The largest absolute Gasteiger partial charge is 0.0622 e. The van der Waals surface area contributed by atoms with Crippen LogP contribution in [0.3, 0.4) is 0 Å². The second-order valence-corrected chi connectivity index (χ2v) is 12.4. The summed E-state index contributed by atoms with van der Waals surface area (Å²) in [6.07, 6.45) is 0. The van der Waals surface area contributed by atoms with Crippen molar-refractivity contribution >= 4 is 32.3 Å². The molecule has 0 atom stereocenters. The molecule has 0 spiro atoms. The van der Waals surface area contributed by atoms with E-state index in [0.29, 0.717) is 0 Å². The molecule has 0 fully saturated rings. The van der Waals surface area contributed by atoms with Crippen LogP contribution >= 0.6 is 0 Å². The van der Waals surface area contributed by atoms with Crippen LogP contribution in [0.15, 0.2) is 194 Å². The molecule has 9 aromatic rings.